The van der Waals surface area contributed by atoms with Gasteiger partial charge >= 0.3 is 36.4 Å². The smallest absolute Gasteiger partial charge is 0.302 e. The summed E-state index contributed by atoms with van der Waals surface area (Å²) in [5.41, 5.74) is 0. The zero-order valence-corrected chi connectivity index (χ0v) is 11.9. The van der Waals surface area contributed by atoms with Crippen molar-refractivity contribution in [3.63, 3.8) is 0 Å². The maximum Gasteiger partial charge on any atom is 0.508 e. The van der Waals surface area contributed by atoms with Crippen LogP contribution in [0.1, 0.15) is 0 Å². The maximum absolute atomic E-state index is 9.97. The molecule has 1 unspecified atom stereocenters. The lowest BCUT2D eigenvalue weighted by Crippen LogP contribution is -2.10. The van der Waals surface area contributed by atoms with Crippen molar-refractivity contribution in [2.75, 3.05) is 0 Å². The Labute approximate surface area is 110 Å². The molecule has 0 radical (unpaired) electrons. The summed E-state index contributed by atoms with van der Waals surface area (Å²) in [6.07, 6.45) is 0. The van der Waals surface area contributed by atoms with Crippen molar-refractivity contribution in [2.45, 2.75) is 0 Å². The molecule has 16 nitrogen and oxygen atoms in total. The number of rotatable bonds is 6. The van der Waals surface area contributed by atoms with Gasteiger partial charge in [0.2, 0.25) is 0 Å². The number of hydrogen-bond donors (Lipinski definition) is 6. The van der Waals surface area contributed by atoms with E-state index in [0.29, 0.717) is 0 Å². The third kappa shape index (κ3) is 20.3. The fourth-order valence-corrected chi connectivity index (χ4v) is 1.98. The van der Waals surface area contributed by atoms with Gasteiger partial charge in [0.15, 0.2) is 0 Å². The van der Waals surface area contributed by atoms with E-state index >= 15 is 0 Å². The van der Waals surface area contributed by atoms with Crippen molar-refractivity contribution < 1.29 is 72.7 Å². The summed E-state index contributed by atoms with van der Waals surface area (Å²) in [6.45, 7) is 0. The molecule has 0 rings (SSSR count). The predicted molar refractivity (Wildman–Crippen MR) is 51.9 cm³/mol. The van der Waals surface area contributed by atoms with E-state index in [2.05, 4.69) is 17.7 Å². The minimum atomic E-state index is -5.10. The summed E-state index contributed by atoms with van der Waals surface area (Å²) < 4.78 is 84.4. The van der Waals surface area contributed by atoms with Gasteiger partial charge in [0.1, 0.15) is 0 Å². The summed E-state index contributed by atoms with van der Waals surface area (Å²) in [5.74, 6) is 0. The van der Waals surface area contributed by atoms with E-state index in [1.807, 2.05) is 0 Å². The molecule has 0 spiro atoms. The van der Waals surface area contributed by atoms with E-state index in [9.17, 15) is 26.0 Å². The summed E-state index contributed by atoms with van der Waals surface area (Å²) in [4.78, 5) is 23.7. The topological polar surface area (TPSA) is 261 Å². The largest absolute Gasteiger partial charge is 0.508 e. The van der Waals surface area contributed by atoms with Gasteiger partial charge in [-0.25, -0.2) is 14.4 Å². The lowest BCUT2D eigenvalue weighted by atomic mass is 14.9. The molecule has 0 aromatic heterocycles. The summed E-state index contributed by atoms with van der Waals surface area (Å²) in [5, 5.41) is 7.48. The Kier molecular flexibility index (Phi) is 8.70. The summed E-state index contributed by atoms with van der Waals surface area (Å²) >= 11 is 0. The van der Waals surface area contributed by atoms with Crippen LogP contribution in [0.15, 0.2) is 0 Å². The highest BCUT2D eigenvalue weighted by Gasteiger charge is 2.32. The first kappa shape index (κ1) is 22.2. The zero-order valence-electron chi connectivity index (χ0n) is 8.48. The SMILES string of the molecule is O=P(O)(O)OP(=O)(O)OO.O=S(=O)(O)OOS(=O)(=O)O. The van der Waals surface area contributed by atoms with Crippen LogP contribution in [0.25, 0.3) is 0 Å². The summed E-state index contributed by atoms with van der Waals surface area (Å²) in [7, 11) is -20.1. The Balaban J connectivity index is 0. The third-order valence-corrected chi connectivity index (χ3v) is 2.96. The normalized spacial score (nSPS) is 15.9. The molecule has 0 saturated carbocycles. The molecule has 6 N–H and O–H groups in total. The van der Waals surface area contributed by atoms with E-state index in [1.165, 1.54) is 0 Å². The van der Waals surface area contributed by atoms with Gasteiger partial charge in [0.25, 0.3) is 0 Å². The molecular formula is H6O16P2S2. The lowest BCUT2D eigenvalue weighted by Gasteiger charge is -2.06. The number of hydrogen-bond acceptors (Lipinski definition) is 11. The lowest BCUT2D eigenvalue weighted by molar-refractivity contribution is -0.157. The summed E-state index contributed by atoms with van der Waals surface area (Å²) in [6, 6.07) is 0. The molecule has 124 valence electrons. The predicted octanol–water partition coefficient (Wildman–Crippen LogP) is -1.77. The van der Waals surface area contributed by atoms with Crippen LogP contribution in [0, 0.1) is 0 Å². The minimum absolute atomic E-state index is 2.71. The Hall–Kier alpha value is -0.0400. The molecule has 0 bridgehead atoms. The van der Waals surface area contributed by atoms with Crippen molar-refractivity contribution in [1.29, 1.82) is 0 Å². The van der Waals surface area contributed by atoms with Crippen LogP contribution >= 0.6 is 15.6 Å². The quantitative estimate of drug-likeness (QED) is 0.127. The van der Waals surface area contributed by atoms with Crippen molar-refractivity contribution in [3.8, 4) is 0 Å². The second-order valence-electron chi connectivity index (χ2n) is 2.11. The van der Waals surface area contributed by atoms with E-state index < -0.39 is 36.4 Å². The molecule has 0 fully saturated rings. The van der Waals surface area contributed by atoms with Gasteiger partial charge in [-0.1, -0.05) is 8.67 Å². The monoisotopic (exact) mass is 388 g/mol. The first-order valence-electron chi connectivity index (χ1n) is 3.23. The minimum Gasteiger partial charge on any atom is -0.302 e. The average Bonchev–Trinajstić information content (AvgIpc) is 2.10. The maximum atomic E-state index is 9.97. The Morgan fingerprint density at radius 1 is 0.800 bits per heavy atom. The van der Waals surface area contributed by atoms with E-state index in [4.69, 9.17) is 29.0 Å². The van der Waals surface area contributed by atoms with Gasteiger partial charge in [-0.15, -0.1) is 4.67 Å². The molecule has 0 heterocycles. The van der Waals surface area contributed by atoms with E-state index in [-0.39, 0.29) is 0 Å². The van der Waals surface area contributed by atoms with Gasteiger partial charge in [0, 0.05) is 0 Å². The molecule has 0 aliphatic heterocycles. The fraction of sp³-hybridized carbons (Fsp3) is 0. The van der Waals surface area contributed by atoms with Crippen molar-refractivity contribution >= 4 is 36.4 Å². The van der Waals surface area contributed by atoms with Crippen LogP contribution < -0.4 is 0 Å². The second-order valence-corrected chi connectivity index (χ2v) is 6.83. The van der Waals surface area contributed by atoms with Crippen LogP contribution in [0.5, 0.6) is 0 Å². The first-order valence-corrected chi connectivity index (χ1v) is 8.98. The number of phosphoric acid groups is 2. The molecular weight excluding hydrogens is 382 g/mol. The van der Waals surface area contributed by atoms with Crippen LogP contribution in [0.2, 0.25) is 0 Å². The van der Waals surface area contributed by atoms with E-state index in [1.54, 1.807) is 0 Å². The third-order valence-electron chi connectivity index (χ3n) is 0.512. The molecule has 20 heteroatoms. The zero-order chi connectivity index (χ0) is 16.8. The molecule has 1 atom stereocenters. The van der Waals surface area contributed by atoms with Crippen LogP contribution in [0.3, 0.4) is 0 Å². The van der Waals surface area contributed by atoms with Gasteiger partial charge < -0.3 is 14.7 Å². The standard InChI is InChI=1S/H4O8P2.H2O8S2/c1-7-10(5,6)8-9(2,3)4;1-9(2,3)7-8-10(4,5)6/h1H,(H,5,6)(H2,2,3,4);(H,1,2,3)(H,4,5,6). The van der Waals surface area contributed by atoms with Crippen molar-refractivity contribution in [1.82, 2.24) is 0 Å². The highest BCUT2D eigenvalue weighted by molar-refractivity contribution is 7.83. The fourth-order valence-electron chi connectivity index (χ4n) is 0.220. The second kappa shape index (κ2) is 7.82. The van der Waals surface area contributed by atoms with Crippen LogP contribution in [0.4, 0.5) is 0 Å². The highest BCUT2D eigenvalue weighted by Crippen LogP contribution is 2.56. The van der Waals surface area contributed by atoms with Gasteiger partial charge in [0.05, 0.1) is 0 Å². The molecule has 0 aliphatic rings. The molecule has 0 saturated heterocycles. The van der Waals surface area contributed by atoms with Crippen molar-refractivity contribution in [3.05, 3.63) is 0 Å². The van der Waals surface area contributed by atoms with Gasteiger partial charge in [-0.2, -0.15) is 21.1 Å². The highest BCUT2D eigenvalue weighted by atomic mass is 32.3. The molecule has 0 aromatic carbocycles. The first-order chi connectivity index (χ1) is 8.47. The average molecular weight is 388 g/mol. The van der Waals surface area contributed by atoms with Crippen LogP contribution in [-0.2, 0) is 47.6 Å². The molecule has 0 amide bonds. The molecule has 0 aromatic rings. The van der Waals surface area contributed by atoms with Gasteiger partial charge in [-0.3, -0.25) is 9.11 Å². The molecule has 20 heavy (non-hydrogen) atoms. The Bertz CT molecular complexity index is 538. The Morgan fingerprint density at radius 2 is 1.10 bits per heavy atom. The Morgan fingerprint density at radius 3 is 1.20 bits per heavy atom. The molecule has 0 aliphatic carbocycles. The van der Waals surface area contributed by atoms with Gasteiger partial charge in [-0.05, 0) is 0 Å². The van der Waals surface area contributed by atoms with Crippen molar-refractivity contribution in [2.24, 2.45) is 0 Å². The van der Waals surface area contributed by atoms with Crippen LogP contribution in [-0.4, -0.2) is 45.9 Å². The van der Waals surface area contributed by atoms with E-state index in [0.717, 1.165) is 0 Å².